The average Bonchev–Trinajstić information content (AvgIpc) is 2.98. The van der Waals surface area contributed by atoms with Gasteiger partial charge in [-0.15, -0.1) is 0 Å². The summed E-state index contributed by atoms with van der Waals surface area (Å²) in [5.74, 6) is 0.360. The van der Waals surface area contributed by atoms with Crippen molar-refractivity contribution in [3.8, 4) is 5.75 Å². The predicted molar refractivity (Wildman–Crippen MR) is 89.6 cm³/mol. The number of benzene rings is 2. The third-order valence-corrected chi connectivity index (χ3v) is 5.31. The van der Waals surface area contributed by atoms with E-state index in [1.807, 2.05) is 13.0 Å². The molecule has 0 saturated heterocycles. The zero-order chi connectivity index (χ0) is 16.4. The zero-order valence-corrected chi connectivity index (χ0v) is 14.0. The van der Waals surface area contributed by atoms with E-state index < -0.39 is 10.0 Å². The van der Waals surface area contributed by atoms with Crippen LogP contribution < -0.4 is 4.74 Å². The Morgan fingerprint density at radius 1 is 1.22 bits per heavy atom. The lowest BCUT2D eigenvalue weighted by Crippen LogP contribution is -2.12. The molecule has 0 spiro atoms. The number of nitrogens with zero attached hydrogens (tertiary/aromatic N) is 2. The molecule has 3 rings (SSSR count). The average molecular weight is 351 g/mol. The van der Waals surface area contributed by atoms with Crippen LogP contribution in [-0.2, 0) is 10.0 Å². The first-order chi connectivity index (χ1) is 11.0. The number of rotatable bonds is 5. The van der Waals surface area contributed by atoms with Crippen LogP contribution in [0.15, 0.2) is 53.7 Å². The van der Waals surface area contributed by atoms with Gasteiger partial charge in [-0.25, -0.2) is 17.4 Å². The van der Waals surface area contributed by atoms with E-state index in [0.717, 1.165) is 10.4 Å². The van der Waals surface area contributed by atoms with E-state index in [9.17, 15) is 8.42 Å². The Bertz CT molecular complexity index is 951. The first-order valence-corrected chi connectivity index (χ1v) is 8.96. The normalized spacial score (nSPS) is 11.7. The molecule has 0 atom stereocenters. The Labute approximate surface area is 139 Å². The predicted octanol–water partition coefficient (Wildman–Crippen LogP) is 3.72. The molecule has 0 N–H and O–H groups in total. The Kier molecular flexibility index (Phi) is 4.28. The molecule has 0 bridgehead atoms. The first-order valence-electron chi connectivity index (χ1n) is 7.14. The fourth-order valence-corrected chi connectivity index (χ4v) is 3.69. The van der Waals surface area contributed by atoms with Crippen LogP contribution in [0.3, 0.4) is 0 Å². The molecule has 2 aromatic carbocycles. The molecule has 0 fully saturated rings. The lowest BCUT2D eigenvalue weighted by atomic mass is 10.3. The number of aromatic nitrogens is 2. The summed E-state index contributed by atoms with van der Waals surface area (Å²) in [5, 5.41) is 0.382. The summed E-state index contributed by atoms with van der Waals surface area (Å²) >= 11 is 6.06. The van der Waals surface area contributed by atoms with Gasteiger partial charge in [0, 0.05) is 6.07 Å². The van der Waals surface area contributed by atoms with E-state index in [4.69, 9.17) is 16.3 Å². The summed E-state index contributed by atoms with van der Waals surface area (Å²) in [4.78, 5) is 4.23. The number of ether oxygens (including phenoxy) is 1. The molecule has 0 amide bonds. The van der Waals surface area contributed by atoms with Gasteiger partial charge in [-0.2, -0.15) is 0 Å². The van der Waals surface area contributed by atoms with Gasteiger partial charge < -0.3 is 4.74 Å². The van der Waals surface area contributed by atoms with Gasteiger partial charge >= 0.3 is 0 Å². The lowest BCUT2D eigenvalue weighted by molar-refractivity contribution is 0.317. The van der Waals surface area contributed by atoms with Crippen LogP contribution in [0.5, 0.6) is 5.75 Å². The molecular weight excluding hydrogens is 336 g/mol. The number of imidazole rings is 1. The molecule has 0 aliphatic heterocycles. The van der Waals surface area contributed by atoms with E-state index in [2.05, 4.69) is 4.98 Å². The number of hydrogen-bond donors (Lipinski definition) is 0. The molecule has 1 heterocycles. The van der Waals surface area contributed by atoms with Crippen molar-refractivity contribution < 1.29 is 13.2 Å². The minimum absolute atomic E-state index is 0.108. The molecule has 0 saturated carbocycles. The van der Waals surface area contributed by atoms with E-state index in [0.29, 0.717) is 28.4 Å². The second kappa shape index (κ2) is 6.22. The van der Waals surface area contributed by atoms with Crippen LogP contribution in [0, 0.1) is 0 Å². The number of halogens is 1. The smallest absolute Gasteiger partial charge is 0.269 e. The fraction of sp³-hybridized carbons (Fsp3) is 0.188. The lowest BCUT2D eigenvalue weighted by Gasteiger charge is -2.11. The number of para-hydroxylation sites is 2. The molecule has 23 heavy (non-hydrogen) atoms. The highest BCUT2D eigenvalue weighted by atomic mass is 35.5. The fourth-order valence-electron chi connectivity index (χ4n) is 2.21. The summed E-state index contributed by atoms with van der Waals surface area (Å²) in [7, 11) is -3.77. The molecule has 7 heteroatoms. The largest absolute Gasteiger partial charge is 0.492 e. The molecule has 5 nitrogen and oxygen atoms in total. The van der Waals surface area contributed by atoms with Gasteiger partial charge in [0.25, 0.3) is 10.0 Å². The standard InChI is InChI=1S/C16H15ClN2O3S/c1-2-9-22-16-10-12(7-8-13(16)17)23(20,21)19-11-18-14-5-3-4-6-15(14)19/h3-8,10-11H,2,9H2,1H3. The van der Waals surface area contributed by atoms with Crippen molar-refractivity contribution in [2.45, 2.75) is 18.2 Å². The monoisotopic (exact) mass is 350 g/mol. The maximum absolute atomic E-state index is 12.9. The van der Waals surface area contributed by atoms with Crippen molar-refractivity contribution in [1.29, 1.82) is 0 Å². The highest BCUT2D eigenvalue weighted by Gasteiger charge is 2.21. The Balaban J connectivity index is 2.09. The van der Waals surface area contributed by atoms with Crippen LogP contribution in [0.1, 0.15) is 13.3 Å². The highest BCUT2D eigenvalue weighted by Crippen LogP contribution is 2.29. The van der Waals surface area contributed by atoms with Crippen LogP contribution in [-0.4, -0.2) is 24.0 Å². The van der Waals surface area contributed by atoms with E-state index >= 15 is 0 Å². The van der Waals surface area contributed by atoms with Crippen LogP contribution in [0.4, 0.5) is 0 Å². The molecule has 0 aliphatic carbocycles. The van der Waals surface area contributed by atoms with Gasteiger partial charge in [0.15, 0.2) is 0 Å². The molecule has 120 valence electrons. The van der Waals surface area contributed by atoms with E-state index in [-0.39, 0.29) is 4.90 Å². The SMILES string of the molecule is CCCOc1cc(S(=O)(=O)n2cnc3ccccc32)ccc1Cl. The molecule has 1 aromatic heterocycles. The second-order valence-electron chi connectivity index (χ2n) is 4.97. The summed E-state index contributed by atoms with van der Waals surface area (Å²) in [5.41, 5.74) is 1.14. The maximum atomic E-state index is 12.9. The van der Waals surface area contributed by atoms with Crippen LogP contribution in [0.2, 0.25) is 5.02 Å². The molecule has 0 aliphatic rings. The molecular formula is C16H15ClN2O3S. The van der Waals surface area contributed by atoms with Crippen LogP contribution >= 0.6 is 11.6 Å². The molecule has 3 aromatic rings. The van der Waals surface area contributed by atoms with Crippen molar-refractivity contribution in [3.05, 3.63) is 53.8 Å². The number of fused-ring (bicyclic) bond motifs is 1. The summed E-state index contributed by atoms with van der Waals surface area (Å²) in [6.07, 6.45) is 2.11. The Morgan fingerprint density at radius 2 is 2.00 bits per heavy atom. The Morgan fingerprint density at radius 3 is 2.78 bits per heavy atom. The quantitative estimate of drug-likeness (QED) is 0.703. The highest BCUT2D eigenvalue weighted by molar-refractivity contribution is 7.90. The van der Waals surface area contributed by atoms with Gasteiger partial charge in [0.2, 0.25) is 0 Å². The third kappa shape index (κ3) is 2.92. The van der Waals surface area contributed by atoms with Gasteiger partial charge in [0.1, 0.15) is 12.1 Å². The zero-order valence-electron chi connectivity index (χ0n) is 12.4. The first kappa shape index (κ1) is 15.8. The van der Waals surface area contributed by atoms with Crippen molar-refractivity contribution in [3.63, 3.8) is 0 Å². The summed E-state index contributed by atoms with van der Waals surface area (Å²) in [6.45, 7) is 2.43. The second-order valence-corrected chi connectivity index (χ2v) is 7.20. The third-order valence-electron chi connectivity index (χ3n) is 3.34. The summed E-state index contributed by atoms with van der Waals surface area (Å²) in [6, 6.07) is 11.5. The van der Waals surface area contributed by atoms with Crippen LogP contribution in [0.25, 0.3) is 11.0 Å². The molecule has 0 radical (unpaired) electrons. The molecule has 0 unspecified atom stereocenters. The maximum Gasteiger partial charge on any atom is 0.269 e. The Hall–Kier alpha value is -2.05. The van der Waals surface area contributed by atoms with Crippen molar-refractivity contribution >= 4 is 32.7 Å². The minimum atomic E-state index is -3.77. The van der Waals surface area contributed by atoms with Gasteiger partial charge in [0.05, 0.1) is 27.6 Å². The van der Waals surface area contributed by atoms with Gasteiger partial charge in [-0.1, -0.05) is 30.7 Å². The topological polar surface area (TPSA) is 61.2 Å². The van der Waals surface area contributed by atoms with Crippen molar-refractivity contribution in [1.82, 2.24) is 8.96 Å². The minimum Gasteiger partial charge on any atom is -0.492 e. The number of hydrogen-bond acceptors (Lipinski definition) is 4. The van der Waals surface area contributed by atoms with Gasteiger partial charge in [-0.3, -0.25) is 0 Å². The summed E-state index contributed by atoms with van der Waals surface area (Å²) < 4.78 is 32.4. The van der Waals surface area contributed by atoms with Gasteiger partial charge in [-0.05, 0) is 30.7 Å². The van der Waals surface area contributed by atoms with Crippen molar-refractivity contribution in [2.24, 2.45) is 0 Å². The van der Waals surface area contributed by atoms with Crippen molar-refractivity contribution in [2.75, 3.05) is 6.61 Å². The van der Waals surface area contributed by atoms with E-state index in [1.54, 1.807) is 18.2 Å². The van der Waals surface area contributed by atoms with E-state index in [1.165, 1.54) is 24.5 Å².